The van der Waals surface area contributed by atoms with Gasteiger partial charge in [-0.05, 0) is 42.7 Å². The van der Waals surface area contributed by atoms with Crippen molar-refractivity contribution in [3.8, 4) is 0 Å². The molecule has 2 aromatic carbocycles. The number of hydrogen-bond acceptors (Lipinski definition) is 5. The zero-order chi connectivity index (χ0) is 21.1. The van der Waals surface area contributed by atoms with Crippen molar-refractivity contribution >= 4 is 34.6 Å². The summed E-state index contributed by atoms with van der Waals surface area (Å²) in [6, 6.07) is 12.6. The lowest BCUT2D eigenvalue weighted by atomic mass is 9.96. The predicted molar refractivity (Wildman–Crippen MR) is 115 cm³/mol. The molecule has 1 atom stereocenters. The molecule has 2 amide bonds. The van der Waals surface area contributed by atoms with Crippen LogP contribution in [0.1, 0.15) is 24.5 Å². The molecule has 1 aliphatic rings. The van der Waals surface area contributed by atoms with E-state index in [4.69, 9.17) is 16.4 Å². The number of hydroxylamine groups is 2. The molecule has 0 saturated carbocycles. The SMILES string of the molecule is C[C@@](O)(CNc1nc2cccc(CNC(=O)N3CCCO3)c2[nH]1)c1cccc(Cl)c1. The van der Waals surface area contributed by atoms with Crippen LogP contribution in [-0.2, 0) is 17.0 Å². The zero-order valence-electron chi connectivity index (χ0n) is 16.6. The van der Waals surface area contributed by atoms with E-state index in [2.05, 4.69) is 20.6 Å². The summed E-state index contributed by atoms with van der Waals surface area (Å²) >= 11 is 6.04. The van der Waals surface area contributed by atoms with Crippen molar-refractivity contribution in [3.63, 3.8) is 0 Å². The lowest BCUT2D eigenvalue weighted by Crippen LogP contribution is -2.36. The second-order valence-electron chi connectivity index (χ2n) is 7.48. The number of nitrogens with zero attached hydrogens (tertiary/aromatic N) is 2. The van der Waals surface area contributed by atoms with Gasteiger partial charge in [0, 0.05) is 11.6 Å². The lowest BCUT2D eigenvalue weighted by Gasteiger charge is -2.24. The maximum Gasteiger partial charge on any atom is 0.341 e. The Morgan fingerprint density at radius 1 is 1.37 bits per heavy atom. The van der Waals surface area contributed by atoms with Crippen LogP contribution < -0.4 is 10.6 Å². The number of hydrogen-bond donors (Lipinski definition) is 4. The number of aromatic amines is 1. The highest BCUT2D eigenvalue weighted by molar-refractivity contribution is 6.30. The summed E-state index contributed by atoms with van der Waals surface area (Å²) < 4.78 is 0. The summed E-state index contributed by atoms with van der Waals surface area (Å²) in [6.45, 7) is 3.47. The Balaban J connectivity index is 1.44. The first-order chi connectivity index (χ1) is 14.4. The van der Waals surface area contributed by atoms with Gasteiger partial charge in [-0.2, -0.15) is 0 Å². The van der Waals surface area contributed by atoms with Gasteiger partial charge in [-0.3, -0.25) is 4.84 Å². The minimum atomic E-state index is -1.13. The van der Waals surface area contributed by atoms with E-state index in [0.29, 0.717) is 36.2 Å². The number of H-pyrrole nitrogens is 1. The van der Waals surface area contributed by atoms with Gasteiger partial charge in [-0.1, -0.05) is 35.9 Å². The molecule has 1 aromatic heterocycles. The third kappa shape index (κ3) is 4.51. The van der Waals surface area contributed by atoms with Gasteiger partial charge in [-0.15, -0.1) is 0 Å². The van der Waals surface area contributed by atoms with E-state index in [1.807, 2.05) is 24.3 Å². The molecule has 0 radical (unpaired) electrons. The van der Waals surface area contributed by atoms with Gasteiger partial charge in [-0.25, -0.2) is 14.8 Å². The summed E-state index contributed by atoms with van der Waals surface area (Å²) in [6.07, 6.45) is 0.845. The summed E-state index contributed by atoms with van der Waals surface area (Å²) in [4.78, 5) is 25.2. The highest BCUT2D eigenvalue weighted by atomic mass is 35.5. The summed E-state index contributed by atoms with van der Waals surface area (Å²) in [5.41, 5.74) is 2.08. The van der Waals surface area contributed by atoms with Gasteiger partial charge in [0.2, 0.25) is 5.95 Å². The van der Waals surface area contributed by atoms with Crippen LogP contribution in [0.3, 0.4) is 0 Å². The van der Waals surface area contributed by atoms with Gasteiger partial charge in [0.15, 0.2) is 0 Å². The fourth-order valence-electron chi connectivity index (χ4n) is 3.37. The number of nitrogens with one attached hydrogen (secondary N) is 3. The Morgan fingerprint density at radius 2 is 2.20 bits per heavy atom. The maximum atomic E-state index is 12.1. The number of amides is 2. The van der Waals surface area contributed by atoms with Crippen LogP contribution in [0.5, 0.6) is 0 Å². The molecule has 3 aromatic rings. The summed E-state index contributed by atoms with van der Waals surface area (Å²) in [7, 11) is 0. The minimum absolute atomic E-state index is 0.242. The topological polar surface area (TPSA) is 103 Å². The Labute approximate surface area is 179 Å². The first-order valence-electron chi connectivity index (χ1n) is 9.80. The fraction of sp³-hybridized carbons (Fsp3) is 0.333. The van der Waals surface area contributed by atoms with Crippen molar-refractivity contribution in [1.29, 1.82) is 0 Å². The van der Waals surface area contributed by atoms with Gasteiger partial charge in [0.25, 0.3) is 0 Å². The average Bonchev–Trinajstić information content (AvgIpc) is 3.40. The molecule has 4 N–H and O–H groups in total. The van der Waals surface area contributed by atoms with Crippen LogP contribution in [-0.4, -0.2) is 45.9 Å². The molecule has 0 spiro atoms. The second-order valence-corrected chi connectivity index (χ2v) is 7.92. The summed E-state index contributed by atoms with van der Waals surface area (Å²) in [5.74, 6) is 0.536. The van der Waals surface area contributed by atoms with Crippen molar-refractivity contribution in [1.82, 2.24) is 20.3 Å². The van der Waals surface area contributed by atoms with Gasteiger partial charge in [0.1, 0.15) is 5.60 Å². The van der Waals surface area contributed by atoms with Gasteiger partial charge in [0.05, 0.1) is 30.7 Å². The van der Waals surface area contributed by atoms with Gasteiger partial charge >= 0.3 is 6.03 Å². The molecule has 9 heteroatoms. The van der Waals surface area contributed by atoms with Crippen molar-refractivity contribution in [3.05, 3.63) is 58.6 Å². The molecule has 30 heavy (non-hydrogen) atoms. The van der Waals surface area contributed by atoms with Crippen LogP contribution >= 0.6 is 11.6 Å². The molecule has 1 fully saturated rings. The van der Waals surface area contributed by atoms with E-state index >= 15 is 0 Å². The van der Waals surface area contributed by atoms with E-state index in [1.54, 1.807) is 25.1 Å². The highest BCUT2D eigenvalue weighted by Crippen LogP contribution is 2.25. The predicted octanol–water partition coefficient (Wildman–Crippen LogP) is 3.38. The normalized spacial score (nSPS) is 15.9. The standard InChI is InChI=1S/C21H24ClN5O3/c1-21(29,15-6-3-7-16(22)11-15)13-24-19-25-17-8-2-5-14(18(17)26-19)12-23-20(28)27-9-4-10-30-27/h2-3,5-8,11,29H,4,9-10,12-13H2,1H3,(H,23,28)(H2,24,25,26)/t21-/m1/s1. The monoisotopic (exact) mass is 429 g/mol. The Hall–Kier alpha value is -2.81. The minimum Gasteiger partial charge on any atom is -0.384 e. The molecule has 1 saturated heterocycles. The van der Waals surface area contributed by atoms with Crippen LogP contribution in [0.25, 0.3) is 11.0 Å². The number of carbonyl (C=O) groups excluding carboxylic acids is 1. The number of halogens is 1. The number of benzene rings is 2. The van der Waals surface area contributed by atoms with Crippen LogP contribution in [0.2, 0.25) is 5.02 Å². The van der Waals surface area contributed by atoms with Crippen molar-refractivity contribution in [2.45, 2.75) is 25.5 Å². The number of rotatable bonds is 6. The van der Waals surface area contributed by atoms with Gasteiger partial charge < -0.3 is 20.7 Å². The fourth-order valence-corrected chi connectivity index (χ4v) is 3.56. The number of carbonyl (C=O) groups is 1. The maximum absolute atomic E-state index is 12.1. The lowest BCUT2D eigenvalue weighted by molar-refractivity contribution is -0.0663. The van der Waals surface area contributed by atoms with Crippen molar-refractivity contribution in [2.24, 2.45) is 0 Å². The van der Waals surface area contributed by atoms with Crippen molar-refractivity contribution < 1.29 is 14.7 Å². The molecule has 158 valence electrons. The molecule has 1 aliphatic heterocycles. The number of aliphatic hydroxyl groups is 1. The number of fused-ring (bicyclic) bond motifs is 1. The molecule has 2 heterocycles. The molecule has 8 nitrogen and oxygen atoms in total. The molecule has 0 unspecified atom stereocenters. The molecular weight excluding hydrogens is 406 g/mol. The molecule has 4 rings (SSSR count). The van der Waals surface area contributed by atoms with E-state index in [1.165, 1.54) is 5.06 Å². The first-order valence-corrected chi connectivity index (χ1v) is 10.2. The number of imidazole rings is 1. The molecular formula is C21H24ClN5O3. The average molecular weight is 430 g/mol. The van der Waals surface area contributed by atoms with E-state index in [0.717, 1.165) is 23.0 Å². The van der Waals surface area contributed by atoms with E-state index < -0.39 is 5.60 Å². The molecule has 0 aliphatic carbocycles. The summed E-state index contributed by atoms with van der Waals surface area (Å²) in [5, 5.41) is 18.8. The second kappa shape index (κ2) is 8.51. The van der Waals surface area contributed by atoms with Crippen LogP contribution in [0, 0.1) is 0 Å². The Kier molecular flexibility index (Phi) is 5.80. The highest BCUT2D eigenvalue weighted by Gasteiger charge is 2.24. The number of aromatic nitrogens is 2. The number of urea groups is 1. The van der Waals surface area contributed by atoms with Crippen molar-refractivity contribution in [2.75, 3.05) is 25.0 Å². The zero-order valence-corrected chi connectivity index (χ0v) is 17.4. The number of para-hydroxylation sites is 1. The Bertz CT molecular complexity index is 1050. The largest absolute Gasteiger partial charge is 0.384 e. The third-order valence-corrected chi connectivity index (χ3v) is 5.30. The third-order valence-electron chi connectivity index (χ3n) is 5.06. The first kappa shape index (κ1) is 20.5. The Morgan fingerprint density at radius 3 is 2.97 bits per heavy atom. The smallest absolute Gasteiger partial charge is 0.341 e. The van der Waals surface area contributed by atoms with Crippen LogP contribution in [0.4, 0.5) is 10.7 Å². The molecule has 0 bridgehead atoms. The number of anilines is 1. The van der Waals surface area contributed by atoms with Crippen LogP contribution in [0.15, 0.2) is 42.5 Å². The van der Waals surface area contributed by atoms with E-state index in [-0.39, 0.29) is 12.6 Å². The van der Waals surface area contributed by atoms with E-state index in [9.17, 15) is 9.90 Å². The quantitative estimate of drug-likeness (QED) is 0.481.